The molecular weight excluding hydrogens is 1330 g/mol. The molecule has 0 aliphatic rings. The molecule has 4 unspecified atom stereocenters. The number of esters is 4. The first kappa shape index (κ1) is 100. The number of phosphoric ester groups is 2. The van der Waals surface area contributed by atoms with E-state index in [0.717, 1.165) is 114 Å². The largest absolute Gasteiger partial charge is 0.472 e. The molecule has 17 nitrogen and oxygen atoms in total. The van der Waals surface area contributed by atoms with E-state index in [1.165, 1.54) is 225 Å². The highest BCUT2D eigenvalue weighted by atomic mass is 31.2. The summed E-state index contributed by atoms with van der Waals surface area (Å²) in [5, 5.41) is 10.6. The second-order valence-electron chi connectivity index (χ2n) is 31.3. The Morgan fingerprint density at radius 3 is 0.696 bits per heavy atom. The van der Waals surface area contributed by atoms with Crippen molar-refractivity contribution in [3.8, 4) is 0 Å². The van der Waals surface area contributed by atoms with Crippen LogP contribution in [0.2, 0.25) is 0 Å². The molecule has 3 N–H and O–H groups in total. The number of unbranched alkanes of at least 4 members (excludes halogenated alkanes) is 44. The Bertz CT molecular complexity index is 1990. The normalized spacial score (nSPS) is 14.5. The molecule has 0 fully saturated rings. The molecule has 102 heavy (non-hydrogen) atoms. The molecule has 0 aromatic carbocycles. The maximum Gasteiger partial charge on any atom is 0.472 e. The monoisotopic (exact) mass is 1490 g/mol. The number of aliphatic hydroxyl groups excluding tert-OH is 1. The highest BCUT2D eigenvalue weighted by Crippen LogP contribution is 2.45. The van der Waals surface area contributed by atoms with Gasteiger partial charge in [-0.15, -0.1) is 0 Å². The Morgan fingerprint density at radius 2 is 0.471 bits per heavy atom. The minimum Gasteiger partial charge on any atom is -0.462 e. The van der Waals surface area contributed by atoms with Crippen LogP contribution in [0.25, 0.3) is 0 Å². The zero-order valence-corrected chi connectivity index (χ0v) is 69.0. The fourth-order valence-electron chi connectivity index (χ4n) is 12.7. The summed E-state index contributed by atoms with van der Waals surface area (Å²) in [7, 11) is -9.92. The van der Waals surface area contributed by atoms with Crippen molar-refractivity contribution in [3.05, 3.63) is 0 Å². The predicted octanol–water partition coefficient (Wildman–Crippen LogP) is 24.8. The first-order valence-corrected chi connectivity index (χ1v) is 45.8. The van der Waals surface area contributed by atoms with Crippen molar-refractivity contribution in [2.75, 3.05) is 39.6 Å². The van der Waals surface area contributed by atoms with E-state index < -0.39 is 97.5 Å². The summed E-state index contributed by atoms with van der Waals surface area (Å²) < 4.78 is 68.7. The topological polar surface area (TPSA) is 237 Å². The van der Waals surface area contributed by atoms with Crippen molar-refractivity contribution >= 4 is 39.5 Å². The van der Waals surface area contributed by atoms with Gasteiger partial charge in [0.05, 0.1) is 26.4 Å². The molecule has 7 atom stereocenters. The van der Waals surface area contributed by atoms with Gasteiger partial charge in [0.15, 0.2) is 12.2 Å². The Hall–Kier alpha value is -1.94. The van der Waals surface area contributed by atoms with Crippen LogP contribution in [0.1, 0.15) is 428 Å². The third-order valence-electron chi connectivity index (χ3n) is 20.0. The second-order valence-corrected chi connectivity index (χ2v) is 34.2. The van der Waals surface area contributed by atoms with Gasteiger partial charge in [-0.25, -0.2) is 9.13 Å². The van der Waals surface area contributed by atoms with Gasteiger partial charge < -0.3 is 33.8 Å². The molecule has 0 bridgehead atoms. The van der Waals surface area contributed by atoms with E-state index >= 15 is 0 Å². The van der Waals surface area contributed by atoms with Crippen LogP contribution in [0, 0.1) is 23.7 Å². The standard InChI is InChI=1S/C83H162O17P2/c1-9-75(7)61-53-45-36-30-26-22-18-13-11-12-14-19-23-27-31-39-49-58-66-83(88)100-79(70-94-81(86)64-56-48-42-41-44-52-60-74(5)6)72-98-102(91,92)96-68-77(84)67-95-101(89,90)97-71-78(69-93-80(85)63-55-47-38-34-33-37-46-54-62-76(8)10-2)99-82(87)65-57-50-40-32-28-24-20-16-15-17-21-25-29-35-43-51-59-73(3)4/h73-79,84H,9-72H2,1-8H3,(H,89,90)(H,91,92)/t75?,76?,77-,78-,79-/m1/s1. The first-order valence-electron chi connectivity index (χ1n) is 42.8. The van der Waals surface area contributed by atoms with Gasteiger partial charge in [0, 0.05) is 25.7 Å². The van der Waals surface area contributed by atoms with Gasteiger partial charge in [-0.2, -0.15) is 0 Å². The summed E-state index contributed by atoms with van der Waals surface area (Å²) in [6.45, 7) is 14.3. The third kappa shape index (κ3) is 73.6. The Morgan fingerprint density at radius 1 is 0.275 bits per heavy atom. The van der Waals surface area contributed by atoms with Crippen molar-refractivity contribution in [2.24, 2.45) is 23.7 Å². The lowest BCUT2D eigenvalue weighted by Crippen LogP contribution is -2.30. The molecule has 0 aliphatic heterocycles. The number of aliphatic hydroxyl groups is 1. The molecule has 0 aliphatic carbocycles. The molecule has 0 aromatic heterocycles. The van der Waals surface area contributed by atoms with E-state index in [2.05, 4.69) is 55.4 Å². The number of hydrogen-bond acceptors (Lipinski definition) is 15. The number of rotatable bonds is 80. The molecule has 0 heterocycles. The van der Waals surface area contributed by atoms with Crippen molar-refractivity contribution in [2.45, 2.75) is 446 Å². The molecule has 0 amide bonds. The van der Waals surface area contributed by atoms with Crippen molar-refractivity contribution in [1.82, 2.24) is 0 Å². The smallest absolute Gasteiger partial charge is 0.462 e. The van der Waals surface area contributed by atoms with Crippen LogP contribution < -0.4 is 0 Å². The lowest BCUT2D eigenvalue weighted by molar-refractivity contribution is -0.161. The van der Waals surface area contributed by atoms with E-state index in [9.17, 15) is 43.2 Å². The zero-order chi connectivity index (χ0) is 75.3. The van der Waals surface area contributed by atoms with Crippen molar-refractivity contribution < 1.29 is 80.2 Å². The van der Waals surface area contributed by atoms with Gasteiger partial charge in [-0.3, -0.25) is 37.3 Å². The predicted molar refractivity (Wildman–Crippen MR) is 418 cm³/mol. The van der Waals surface area contributed by atoms with Crippen LogP contribution >= 0.6 is 15.6 Å². The summed E-state index contributed by atoms with van der Waals surface area (Å²) in [6.07, 6.45) is 59.9. The molecule has 19 heteroatoms. The van der Waals surface area contributed by atoms with Crippen LogP contribution in [0.5, 0.6) is 0 Å². The number of phosphoric acid groups is 2. The van der Waals surface area contributed by atoms with Gasteiger partial charge in [0.2, 0.25) is 0 Å². The fraction of sp³-hybridized carbons (Fsp3) is 0.952. The minimum atomic E-state index is -4.96. The number of hydrogen-bond donors (Lipinski definition) is 3. The molecule has 0 saturated heterocycles. The SMILES string of the molecule is CCC(C)CCCCCCCCCCCCCCCCCCCCC(=O)O[C@H](COC(=O)CCCCCCCCC(C)C)COP(=O)(O)OC[C@H](O)COP(=O)(O)OC[C@@H](COC(=O)CCCCCCCCCCC(C)CC)OC(=O)CCCCCCCCCCCCCCCCCCC(C)C. The van der Waals surface area contributed by atoms with Crippen LogP contribution in [0.4, 0.5) is 0 Å². The first-order chi connectivity index (χ1) is 49.2. The van der Waals surface area contributed by atoms with Gasteiger partial charge >= 0.3 is 39.5 Å². The van der Waals surface area contributed by atoms with E-state index in [0.29, 0.717) is 31.6 Å². The average Bonchev–Trinajstić information content (AvgIpc) is 0.943. The molecule has 0 spiro atoms. The number of carbonyl (C=O) groups excluding carboxylic acids is 4. The number of carbonyl (C=O) groups is 4. The molecule has 0 rings (SSSR count). The number of ether oxygens (including phenoxy) is 4. The summed E-state index contributed by atoms with van der Waals surface area (Å²) in [5.41, 5.74) is 0. The lowest BCUT2D eigenvalue weighted by Gasteiger charge is -2.21. The summed E-state index contributed by atoms with van der Waals surface area (Å²) in [5.74, 6) is 1.02. The van der Waals surface area contributed by atoms with Gasteiger partial charge in [-0.1, -0.05) is 376 Å². The fourth-order valence-corrected chi connectivity index (χ4v) is 14.3. The molecule has 606 valence electrons. The van der Waals surface area contributed by atoms with Crippen LogP contribution in [-0.4, -0.2) is 96.7 Å². The summed E-state index contributed by atoms with van der Waals surface area (Å²) >= 11 is 0. The third-order valence-corrected chi connectivity index (χ3v) is 21.9. The Labute approximate surface area is 626 Å². The summed E-state index contributed by atoms with van der Waals surface area (Å²) in [6, 6.07) is 0. The maximum atomic E-state index is 13.1. The summed E-state index contributed by atoms with van der Waals surface area (Å²) in [4.78, 5) is 73.0. The quantitative estimate of drug-likeness (QED) is 0.0222. The van der Waals surface area contributed by atoms with Gasteiger partial charge in [0.25, 0.3) is 0 Å². The second kappa shape index (κ2) is 72.0. The average molecular weight is 1490 g/mol. The highest BCUT2D eigenvalue weighted by molar-refractivity contribution is 7.47. The highest BCUT2D eigenvalue weighted by Gasteiger charge is 2.30. The minimum absolute atomic E-state index is 0.107. The van der Waals surface area contributed by atoms with Crippen molar-refractivity contribution in [3.63, 3.8) is 0 Å². The van der Waals surface area contributed by atoms with E-state index in [1.807, 2.05) is 0 Å². The van der Waals surface area contributed by atoms with Gasteiger partial charge in [-0.05, 0) is 49.4 Å². The van der Waals surface area contributed by atoms with E-state index in [-0.39, 0.29) is 25.7 Å². The molecule has 0 radical (unpaired) electrons. The van der Waals surface area contributed by atoms with Crippen LogP contribution in [0.3, 0.4) is 0 Å². The Kier molecular flexibility index (Phi) is 70.6. The van der Waals surface area contributed by atoms with Crippen molar-refractivity contribution in [1.29, 1.82) is 0 Å². The van der Waals surface area contributed by atoms with E-state index in [1.54, 1.807) is 0 Å². The van der Waals surface area contributed by atoms with E-state index in [4.69, 9.17) is 37.0 Å². The molecule has 0 aromatic rings. The lowest BCUT2D eigenvalue weighted by atomic mass is 9.99. The molecule has 0 saturated carbocycles. The molecular formula is C83H162O17P2. The van der Waals surface area contributed by atoms with Gasteiger partial charge in [0.1, 0.15) is 19.3 Å². The zero-order valence-electron chi connectivity index (χ0n) is 67.2. The van der Waals surface area contributed by atoms with Crippen LogP contribution in [0.15, 0.2) is 0 Å². The maximum absolute atomic E-state index is 13.1. The Balaban J connectivity index is 5.16. The van der Waals surface area contributed by atoms with Crippen LogP contribution in [-0.2, 0) is 65.4 Å².